The molecule has 0 radical (unpaired) electrons. The Morgan fingerprint density at radius 3 is 2.83 bits per heavy atom. The summed E-state index contributed by atoms with van der Waals surface area (Å²) in [5, 5.41) is 3.41. The third-order valence-corrected chi connectivity index (χ3v) is 2.05. The van der Waals surface area contributed by atoms with Gasteiger partial charge in [0.2, 0.25) is 0 Å². The van der Waals surface area contributed by atoms with Crippen LogP contribution in [-0.2, 0) is 0 Å². The molecule has 62 valence electrons. The topological polar surface area (TPSA) is 48.8 Å². The second kappa shape index (κ2) is 3.76. The molecule has 0 amide bonds. The quantitative estimate of drug-likeness (QED) is 0.311. The molecule has 1 aromatic carbocycles. The SMILES string of the molecule is [N-]=[N+]=Nc1cc(F)c(Br)cc1Cl. The van der Waals surface area contributed by atoms with Gasteiger partial charge in [-0.1, -0.05) is 16.7 Å². The summed E-state index contributed by atoms with van der Waals surface area (Å²) in [7, 11) is 0. The minimum absolute atomic E-state index is 0.0832. The van der Waals surface area contributed by atoms with E-state index < -0.39 is 5.82 Å². The lowest BCUT2D eigenvalue weighted by Gasteiger charge is -1.98. The standard InChI is InChI=1S/C6H2BrClFN3/c7-3-1-4(8)6(11-12-10)2-5(3)9/h1-2H. The van der Waals surface area contributed by atoms with Gasteiger partial charge in [-0.05, 0) is 33.6 Å². The van der Waals surface area contributed by atoms with Crippen LogP contribution >= 0.6 is 27.5 Å². The van der Waals surface area contributed by atoms with Crippen LogP contribution in [-0.4, -0.2) is 0 Å². The molecule has 0 aromatic heterocycles. The van der Waals surface area contributed by atoms with Crippen molar-refractivity contribution in [2.45, 2.75) is 0 Å². The molecule has 12 heavy (non-hydrogen) atoms. The average molecular weight is 250 g/mol. The maximum absolute atomic E-state index is 12.8. The molecule has 0 unspecified atom stereocenters. The molecule has 0 aliphatic heterocycles. The summed E-state index contributed by atoms with van der Waals surface area (Å²) < 4.78 is 13.0. The van der Waals surface area contributed by atoms with Crippen LogP contribution in [0.2, 0.25) is 5.02 Å². The fourth-order valence-corrected chi connectivity index (χ4v) is 1.31. The lowest BCUT2D eigenvalue weighted by molar-refractivity contribution is 0.621. The van der Waals surface area contributed by atoms with E-state index in [0.29, 0.717) is 0 Å². The molecule has 0 atom stereocenters. The van der Waals surface area contributed by atoms with E-state index in [-0.39, 0.29) is 15.2 Å². The number of nitrogens with zero attached hydrogens (tertiary/aromatic N) is 3. The van der Waals surface area contributed by atoms with Crippen molar-refractivity contribution in [1.82, 2.24) is 0 Å². The van der Waals surface area contributed by atoms with Crippen molar-refractivity contribution in [3.63, 3.8) is 0 Å². The van der Waals surface area contributed by atoms with Crippen molar-refractivity contribution in [1.29, 1.82) is 0 Å². The zero-order chi connectivity index (χ0) is 9.14. The first-order chi connectivity index (χ1) is 5.65. The van der Waals surface area contributed by atoms with Crippen molar-refractivity contribution < 1.29 is 4.39 Å². The van der Waals surface area contributed by atoms with E-state index in [1.54, 1.807) is 0 Å². The van der Waals surface area contributed by atoms with Crippen molar-refractivity contribution >= 4 is 33.2 Å². The lowest BCUT2D eigenvalue weighted by Crippen LogP contribution is -1.76. The Labute approximate surface area is 80.9 Å². The maximum Gasteiger partial charge on any atom is 0.137 e. The Hall–Kier alpha value is -0.770. The second-order valence-corrected chi connectivity index (χ2v) is 3.17. The van der Waals surface area contributed by atoms with E-state index in [9.17, 15) is 4.39 Å². The van der Waals surface area contributed by atoms with Crippen LogP contribution in [0.3, 0.4) is 0 Å². The molecule has 3 nitrogen and oxygen atoms in total. The van der Waals surface area contributed by atoms with E-state index in [1.165, 1.54) is 6.07 Å². The van der Waals surface area contributed by atoms with E-state index in [1.807, 2.05) is 0 Å². The summed E-state index contributed by atoms with van der Waals surface area (Å²) in [5.74, 6) is -0.512. The van der Waals surface area contributed by atoms with Gasteiger partial charge in [-0.25, -0.2) is 4.39 Å². The van der Waals surface area contributed by atoms with Gasteiger partial charge in [-0.2, -0.15) is 0 Å². The van der Waals surface area contributed by atoms with Gasteiger partial charge in [0.15, 0.2) is 0 Å². The Balaban J connectivity index is 3.32. The minimum Gasteiger partial charge on any atom is -0.206 e. The van der Waals surface area contributed by atoms with Gasteiger partial charge in [0.05, 0.1) is 15.2 Å². The monoisotopic (exact) mass is 249 g/mol. The first-order valence-electron chi connectivity index (χ1n) is 2.85. The number of azide groups is 1. The highest BCUT2D eigenvalue weighted by molar-refractivity contribution is 9.10. The molecule has 6 heteroatoms. The van der Waals surface area contributed by atoms with E-state index in [2.05, 4.69) is 26.0 Å². The van der Waals surface area contributed by atoms with Gasteiger partial charge in [0.1, 0.15) is 5.82 Å². The molecule has 0 saturated carbocycles. The van der Waals surface area contributed by atoms with Crippen LogP contribution in [0.1, 0.15) is 0 Å². The Morgan fingerprint density at radius 1 is 1.58 bits per heavy atom. The first-order valence-corrected chi connectivity index (χ1v) is 4.02. The second-order valence-electron chi connectivity index (χ2n) is 1.91. The van der Waals surface area contributed by atoms with Crippen molar-refractivity contribution in [2.24, 2.45) is 5.11 Å². The molecule has 0 aliphatic rings. The highest BCUT2D eigenvalue weighted by Crippen LogP contribution is 2.30. The minimum atomic E-state index is -0.512. The van der Waals surface area contributed by atoms with E-state index >= 15 is 0 Å². The van der Waals surface area contributed by atoms with Crippen LogP contribution in [0.15, 0.2) is 21.7 Å². The van der Waals surface area contributed by atoms with Gasteiger partial charge < -0.3 is 0 Å². The molecule has 0 saturated heterocycles. The normalized spacial score (nSPS) is 9.25. The number of hydrogen-bond acceptors (Lipinski definition) is 1. The summed E-state index contributed by atoms with van der Waals surface area (Å²) >= 11 is 8.56. The fourth-order valence-electron chi connectivity index (χ4n) is 0.637. The third kappa shape index (κ3) is 1.88. The van der Waals surface area contributed by atoms with Crippen LogP contribution < -0.4 is 0 Å². The van der Waals surface area contributed by atoms with Crippen molar-refractivity contribution in [3.8, 4) is 0 Å². The molecule has 0 bridgehead atoms. The number of benzene rings is 1. The average Bonchev–Trinajstić information content (AvgIpc) is 2.01. The van der Waals surface area contributed by atoms with Crippen LogP contribution in [0.25, 0.3) is 10.4 Å². The zero-order valence-electron chi connectivity index (χ0n) is 5.63. The first kappa shape index (κ1) is 9.32. The van der Waals surface area contributed by atoms with Crippen molar-refractivity contribution in [3.05, 3.63) is 37.9 Å². The molecule has 0 fully saturated rings. The molecule has 0 spiro atoms. The molecule has 0 N–H and O–H groups in total. The molecule has 0 aliphatic carbocycles. The fraction of sp³-hybridized carbons (Fsp3) is 0. The summed E-state index contributed by atoms with van der Waals surface area (Å²) in [6, 6.07) is 2.40. The molecule has 1 aromatic rings. The summed E-state index contributed by atoms with van der Waals surface area (Å²) in [4.78, 5) is 2.50. The largest absolute Gasteiger partial charge is 0.206 e. The molecule has 1 rings (SSSR count). The zero-order valence-corrected chi connectivity index (χ0v) is 7.97. The van der Waals surface area contributed by atoms with E-state index in [4.69, 9.17) is 17.1 Å². The van der Waals surface area contributed by atoms with Gasteiger partial charge in [0, 0.05) is 4.91 Å². The van der Waals surface area contributed by atoms with E-state index in [0.717, 1.165) is 6.07 Å². The summed E-state index contributed by atoms with van der Waals surface area (Å²) in [5.41, 5.74) is 8.15. The highest BCUT2D eigenvalue weighted by atomic mass is 79.9. The van der Waals surface area contributed by atoms with Crippen molar-refractivity contribution in [2.75, 3.05) is 0 Å². The maximum atomic E-state index is 12.8. The predicted octanol–water partition coefficient (Wildman–Crippen LogP) is 4.18. The van der Waals surface area contributed by atoms with Gasteiger partial charge >= 0.3 is 0 Å². The highest BCUT2D eigenvalue weighted by Gasteiger charge is 2.04. The third-order valence-electron chi connectivity index (χ3n) is 1.14. The lowest BCUT2D eigenvalue weighted by atomic mass is 10.3. The molecule has 0 heterocycles. The number of hydrogen-bond donors (Lipinski definition) is 0. The Bertz CT molecular complexity index is 362. The van der Waals surface area contributed by atoms with Crippen LogP contribution in [0, 0.1) is 5.82 Å². The number of halogens is 3. The molecular formula is C6H2BrClFN3. The predicted molar refractivity (Wildman–Crippen MR) is 47.9 cm³/mol. The summed E-state index contributed by atoms with van der Waals surface area (Å²) in [6.45, 7) is 0. The van der Waals surface area contributed by atoms with Gasteiger partial charge in [-0.15, -0.1) is 0 Å². The van der Waals surface area contributed by atoms with Gasteiger partial charge in [0.25, 0.3) is 0 Å². The number of rotatable bonds is 1. The Morgan fingerprint density at radius 2 is 2.25 bits per heavy atom. The van der Waals surface area contributed by atoms with Crippen LogP contribution in [0.5, 0.6) is 0 Å². The van der Waals surface area contributed by atoms with Crippen LogP contribution in [0.4, 0.5) is 10.1 Å². The molecular weight excluding hydrogens is 248 g/mol. The Kier molecular flexibility index (Phi) is 2.92. The smallest absolute Gasteiger partial charge is 0.137 e. The van der Waals surface area contributed by atoms with Gasteiger partial charge in [-0.3, -0.25) is 0 Å². The summed E-state index contributed by atoms with van der Waals surface area (Å²) in [6.07, 6.45) is 0.